The number of ether oxygens (including phenoxy) is 9. The van der Waals surface area contributed by atoms with Gasteiger partial charge in [0.1, 0.15) is 64.3 Å². The Kier molecular flexibility index (Phi) is 34.3. The number of hydrogen-bond donors (Lipinski definition) is 6. The van der Waals surface area contributed by atoms with Crippen LogP contribution in [0.1, 0.15) is 134 Å². The molecule has 6 aliphatic heterocycles. The first-order valence-corrected chi connectivity index (χ1v) is 47.9. The first-order chi connectivity index (χ1) is 67.8. The highest BCUT2D eigenvalue weighted by Gasteiger charge is 2.65. The van der Waals surface area contributed by atoms with Gasteiger partial charge >= 0.3 is 36.0 Å². The van der Waals surface area contributed by atoms with Gasteiger partial charge < -0.3 is 103 Å². The van der Waals surface area contributed by atoms with Crippen LogP contribution >= 0.6 is 0 Å². The van der Waals surface area contributed by atoms with E-state index in [2.05, 4.69) is 51.9 Å². The molecule has 9 aliphatic rings. The Morgan fingerprint density at radius 1 is 0.421 bits per heavy atom. The highest BCUT2D eigenvalue weighted by molar-refractivity contribution is 5.98. The fourth-order valence-corrected chi connectivity index (χ4v) is 18.4. The standard InChI is InChI=1S/C38H45N5O7.C36H41N5O7.C19H29N3O5.C11H10N2O2/c1-4-49-36(45)38-23-28(38)15-11-6-5-7-12-20-42(24-26-16-18-29(47-2)19-17-26)37(46)43-25-30(21-31(43)35(44)41-38)50-33-22-32(48-3)39-34(40-33)27-13-9-8-10-14-27;1-46-27-16-14-24(15-17-27)22-40-18-10-5-3-4-9-13-26-21-36(26,34(43)44)39-33(42)29-19-28(23-41(29)35(40)45)48-31-20-30(47-2)37-32(38-31)25-11-7-6-8-12-25;1-3-27-17(25)19-11-13(19)8-6-4-5-7-9-21(2)18(26)22-12-14(23)10-15(22)16(24)20-19;1-15-10-7-9(14)12-11(13-10)8-5-3-2-4-6-8/h8-11,13-19,22,28,30-31H,4-7,12,20-21,23-25H2,1-3H3,(H,41,44);6-9,11-17,20,26,28-29H,3-5,10,18-19,21-23H2,1-2H3,(H,39,42)(H,43,44);6,8,13-15,23H,3-5,7,9-12H2,1-2H3,(H,20,24);2-7H,1H3,(H,12,13,14)/b15-11-;13-9-;8-6-;/t28-,30-,31+,38-;26-,28-,29+,36-;13-,14+,15+,19-;/m111./s1. The van der Waals surface area contributed by atoms with Crippen molar-refractivity contribution in [1.29, 1.82) is 0 Å². The molecule has 5 aromatic carbocycles. The third-order valence-corrected chi connectivity index (χ3v) is 26.3. The molecule has 0 bridgehead atoms. The maximum absolute atomic E-state index is 14.5. The lowest BCUT2D eigenvalue weighted by atomic mass is 10.1. The summed E-state index contributed by atoms with van der Waals surface area (Å²) in [5, 5.41) is 28.9. The van der Waals surface area contributed by atoms with E-state index in [9.17, 15) is 58.2 Å². The Labute approximate surface area is 813 Å². The van der Waals surface area contributed by atoms with E-state index in [0.29, 0.717) is 92.8 Å². The zero-order valence-electron chi connectivity index (χ0n) is 80.3. The number of esters is 2. The van der Waals surface area contributed by atoms with Gasteiger partial charge in [-0.25, -0.2) is 28.8 Å². The summed E-state index contributed by atoms with van der Waals surface area (Å²) in [4.78, 5) is 167. The molecule has 12 atom stereocenters. The van der Waals surface area contributed by atoms with E-state index in [1.54, 1.807) is 66.8 Å². The molecule has 36 nitrogen and oxygen atoms in total. The van der Waals surface area contributed by atoms with Crippen LogP contribution in [-0.4, -0.2) is 271 Å². The van der Waals surface area contributed by atoms with Gasteiger partial charge in [-0.15, -0.1) is 0 Å². The van der Waals surface area contributed by atoms with E-state index < -0.39 is 88.7 Å². The number of allylic oxidation sites excluding steroid dienone is 3. The van der Waals surface area contributed by atoms with Gasteiger partial charge in [-0.3, -0.25) is 19.2 Å². The van der Waals surface area contributed by atoms with Gasteiger partial charge in [-0.05, 0) is 126 Å². The number of carboxylic acids is 1. The molecule has 9 amide bonds. The van der Waals surface area contributed by atoms with Gasteiger partial charge in [0, 0.05) is 100 Å². The van der Waals surface area contributed by atoms with Gasteiger partial charge in [0.2, 0.25) is 47.1 Å². The molecule has 3 aliphatic carbocycles. The smallest absolute Gasteiger partial charge is 0.332 e. The first kappa shape index (κ1) is 101. The number of rotatable bonds is 21. The number of nitrogens with one attached hydrogen (secondary N) is 4. The van der Waals surface area contributed by atoms with E-state index in [1.165, 1.54) is 37.2 Å². The molecule has 3 saturated heterocycles. The van der Waals surface area contributed by atoms with Crippen molar-refractivity contribution in [3.05, 3.63) is 216 Å². The van der Waals surface area contributed by atoms with Crippen molar-refractivity contribution in [3.8, 4) is 75.1 Å². The second-order valence-electron chi connectivity index (χ2n) is 36.1. The number of aliphatic hydroxyl groups excluding tert-OH is 1. The molecule has 8 aromatic rings. The minimum Gasteiger partial charge on any atom is -0.497 e. The number of nitrogens with zero attached hydrogens (tertiary/aromatic N) is 11. The molecule has 3 saturated carbocycles. The fraction of sp³-hybridized carbons (Fsp3) is 0.452. The van der Waals surface area contributed by atoms with Crippen molar-refractivity contribution in [3.63, 3.8) is 0 Å². The largest absolute Gasteiger partial charge is 0.497 e. The molecule has 3 aromatic heterocycles. The maximum Gasteiger partial charge on any atom is 0.332 e. The summed E-state index contributed by atoms with van der Waals surface area (Å²) in [6.45, 7) is 6.59. The van der Waals surface area contributed by atoms with Gasteiger partial charge in [0.25, 0.3) is 5.56 Å². The quantitative estimate of drug-likeness (QED) is 0.0287. The molecular formula is C104H125N15O21. The van der Waals surface area contributed by atoms with Crippen molar-refractivity contribution in [2.75, 3.05) is 95.1 Å². The number of aromatic amines is 1. The number of H-pyrrole nitrogens is 1. The molecule has 6 fully saturated rings. The van der Waals surface area contributed by atoms with Crippen LogP contribution < -0.4 is 54.7 Å². The van der Waals surface area contributed by atoms with Crippen LogP contribution in [0.5, 0.6) is 40.9 Å². The van der Waals surface area contributed by atoms with Crippen LogP contribution in [0.3, 0.4) is 0 Å². The maximum atomic E-state index is 14.5. The third kappa shape index (κ3) is 25.3. The van der Waals surface area contributed by atoms with Crippen molar-refractivity contribution >= 4 is 53.7 Å². The molecule has 17 rings (SSSR count). The lowest BCUT2D eigenvalue weighted by Gasteiger charge is -2.32. The molecule has 0 spiro atoms. The molecule has 6 N–H and O–H groups in total. The molecule has 0 unspecified atom stereocenters. The van der Waals surface area contributed by atoms with Crippen LogP contribution in [0.2, 0.25) is 0 Å². The third-order valence-electron chi connectivity index (χ3n) is 26.3. The van der Waals surface area contributed by atoms with Crippen LogP contribution in [0.15, 0.2) is 199 Å². The lowest BCUT2D eigenvalue weighted by molar-refractivity contribution is -0.150. The summed E-state index contributed by atoms with van der Waals surface area (Å²) < 4.78 is 49.8. The predicted octanol–water partition coefficient (Wildman–Crippen LogP) is 12.0. The number of methoxy groups -OCH3 is 5. The number of carboxylic acid groups (broad SMARTS) is 1. The molecule has 140 heavy (non-hydrogen) atoms. The normalized spacial score (nSPS) is 25.3. The number of aliphatic carboxylic acids is 1. The summed E-state index contributed by atoms with van der Waals surface area (Å²) in [7, 11) is 9.44. The summed E-state index contributed by atoms with van der Waals surface area (Å²) in [5.41, 5.74) is 0.449. The molecule has 9 heterocycles. The summed E-state index contributed by atoms with van der Waals surface area (Å²) in [6.07, 6.45) is 21.4. The van der Waals surface area contributed by atoms with Crippen LogP contribution in [-0.2, 0) is 51.3 Å². The van der Waals surface area contributed by atoms with Crippen molar-refractivity contribution in [2.45, 2.75) is 189 Å². The number of fused-ring (bicyclic) bond motifs is 6. The van der Waals surface area contributed by atoms with Gasteiger partial charge in [0.15, 0.2) is 11.6 Å². The monoisotopic (exact) mass is 1920 g/mol. The minimum absolute atomic E-state index is 0.0957. The Balaban J connectivity index is 0.000000160. The molecule has 0 radical (unpaired) electrons. The Morgan fingerprint density at radius 3 is 1.22 bits per heavy atom. The number of hydrogen-bond acceptors (Lipinski definition) is 25. The molecular weight excluding hydrogens is 1800 g/mol. The average Bonchev–Trinajstić information content (AvgIpc) is 1.65. The highest BCUT2D eigenvalue weighted by Crippen LogP contribution is 2.49. The number of amides is 9. The topological polar surface area (TPSA) is 430 Å². The second kappa shape index (κ2) is 47.3. The summed E-state index contributed by atoms with van der Waals surface area (Å²) >= 11 is 0. The fourth-order valence-electron chi connectivity index (χ4n) is 18.4. The van der Waals surface area contributed by atoms with E-state index >= 15 is 0 Å². The van der Waals surface area contributed by atoms with Crippen LogP contribution in [0, 0.1) is 17.8 Å². The van der Waals surface area contributed by atoms with Gasteiger partial charge in [0.05, 0.1) is 86.2 Å². The zero-order valence-corrected chi connectivity index (χ0v) is 80.3. The van der Waals surface area contributed by atoms with Crippen molar-refractivity contribution < 1.29 is 96.0 Å². The number of aromatic nitrogens is 6. The summed E-state index contributed by atoms with van der Waals surface area (Å²) in [5.74, 6) is 0.353. The first-order valence-electron chi connectivity index (χ1n) is 47.9. The second-order valence-corrected chi connectivity index (χ2v) is 36.1. The average molecular weight is 1920 g/mol. The molecule has 742 valence electrons. The minimum atomic E-state index is -1.39. The summed E-state index contributed by atoms with van der Waals surface area (Å²) in [6, 6.07) is 44.5. The number of aliphatic hydroxyl groups is 1. The van der Waals surface area contributed by atoms with Crippen molar-refractivity contribution in [2.24, 2.45) is 17.8 Å². The lowest BCUT2D eigenvalue weighted by Crippen LogP contribution is -2.55. The SMILES string of the molecule is CCOC(=O)[C@@]12C[C@H]1/C=C\CCCCCN(Cc1ccc(OC)cc1)C(=O)N1C[C@H](Oc3cc(OC)nc(-c4ccccc4)n3)C[C@H]1C(=O)N2.CCOC(=O)[C@@]12C[C@H]1/C=C\CCCCN(C)C(=O)N1C[C@@H](O)C[C@H]1C(=O)N2.COc1cc(=O)[nH]c(-c2ccccc2)n1.COc1ccc(CN2CCCCC/C=C\[C@@H]3C[C@@]3(C(=O)O)NC(=O)[C@@H]3C[C@@H](Oc4cc(OC)nc(-c5ccccc5)n4)CN3C2=O)cc1. The number of carbonyl (C=O) groups is 9. The van der Waals surface area contributed by atoms with E-state index in [4.69, 9.17) is 42.6 Å². The predicted molar refractivity (Wildman–Crippen MR) is 517 cm³/mol. The van der Waals surface area contributed by atoms with Crippen LogP contribution in [0.25, 0.3) is 34.2 Å². The highest BCUT2D eigenvalue weighted by atomic mass is 16.5. The van der Waals surface area contributed by atoms with E-state index in [0.717, 1.165) is 104 Å². The van der Waals surface area contributed by atoms with E-state index in [-0.39, 0.29) is 105 Å². The number of urea groups is 3. The van der Waals surface area contributed by atoms with Gasteiger partial charge in [-0.1, -0.05) is 165 Å². The van der Waals surface area contributed by atoms with E-state index in [1.807, 2.05) is 170 Å². The Hall–Kier alpha value is -14.5. The van der Waals surface area contributed by atoms with Crippen LogP contribution in [0.4, 0.5) is 14.4 Å². The Morgan fingerprint density at radius 2 is 0.800 bits per heavy atom. The van der Waals surface area contributed by atoms with Crippen molar-refractivity contribution in [1.82, 2.24) is 75.3 Å². The number of carbonyl (C=O) groups excluding carboxylic acids is 8. The number of benzene rings is 5. The Bertz CT molecular complexity index is 5780. The molecule has 36 heteroatoms. The zero-order chi connectivity index (χ0) is 99.0. The van der Waals surface area contributed by atoms with Gasteiger partial charge in [-0.2, -0.15) is 24.9 Å².